The number of primary amides is 1. The first-order chi connectivity index (χ1) is 16.0. The van der Waals surface area contributed by atoms with Gasteiger partial charge in [0.2, 0.25) is 0 Å². The average Bonchev–Trinajstić information content (AvgIpc) is 3.24. The van der Waals surface area contributed by atoms with Crippen molar-refractivity contribution in [3.8, 4) is 17.0 Å². The summed E-state index contributed by atoms with van der Waals surface area (Å²) in [6.45, 7) is 0.457. The highest BCUT2D eigenvalue weighted by Gasteiger charge is 2.21. The molecule has 0 unspecified atom stereocenters. The molecule has 8 heteroatoms. The minimum absolute atomic E-state index is 0.233. The molecule has 0 atom stereocenters. The van der Waals surface area contributed by atoms with Gasteiger partial charge in [0, 0.05) is 17.4 Å². The smallest absolute Gasteiger partial charge is 0.259 e. The van der Waals surface area contributed by atoms with E-state index in [4.69, 9.17) is 10.5 Å². The van der Waals surface area contributed by atoms with Crippen molar-refractivity contribution in [3.05, 3.63) is 102 Å². The molecule has 3 N–H and O–H groups in total. The lowest BCUT2D eigenvalue weighted by molar-refractivity contribution is 0.0992. The number of aromatic nitrogens is 2. The van der Waals surface area contributed by atoms with Crippen LogP contribution in [0.1, 0.15) is 26.3 Å². The third-order valence-electron chi connectivity index (χ3n) is 5.05. The Balaban J connectivity index is 1.73. The third kappa shape index (κ3) is 4.74. The number of methoxy groups -OCH3 is 1. The molecule has 33 heavy (non-hydrogen) atoms. The molecule has 0 fully saturated rings. The van der Waals surface area contributed by atoms with Crippen molar-refractivity contribution in [1.29, 1.82) is 0 Å². The van der Waals surface area contributed by atoms with Gasteiger partial charge in [0.25, 0.3) is 11.8 Å². The maximum absolute atomic E-state index is 13.8. The maximum Gasteiger partial charge on any atom is 0.259 e. The summed E-state index contributed by atoms with van der Waals surface area (Å²) in [7, 11) is 1.55. The van der Waals surface area contributed by atoms with E-state index in [1.165, 1.54) is 12.1 Å². The SMILES string of the molecule is COc1ccccc1-c1nn(Cc2ccccc2)cc1C(=O)Nc1ccc(F)c(C(N)=O)c1. The third-order valence-corrected chi connectivity index (χ3v) is 5.05. The molecule has 0 saturated heterocycles. The van der Waals surface area contributed by atoms with Crippen LogP contribution < -0.4 is 15.8 Å². The Bertz CT molecular complexity index is 1320. The van der Waals surface area contributed by atoms with E-state index in [1.54, 1.807) is 24.1 Å². The van der Waals surface area contributed by atoms with Gasteiger partial charge in [-0.3, -0.25) is 14.3 Å². The van der Waals surface area contributed by atoms with Crippen LogP contribution in [0, 0.1) is 5.82 Å². The van der Waals surface area contributed by atoms with Gasteiger partial charge in [-0.05, 0) is 35.9 Å². The Morgan fingerprint density at radius 3 is 2.48 bits per heavy atom. The van der Waals surface area contributed by atoms with E-state index in [2.05, 4.69) is 10.4 Å². The van der Waals surface area contributed by atoms with E-state index in [9.17, 15) is 14.0 Å². The Kier molecular flexibility index (Phi) is 6.17. The van der Waals surface area contributed by atoms with Gasteiger partial charge in [-0.2, -0.15) is 5.10 Å². The molecule has 166 valence electrons. The summed E-state index contributed by atoms with van der Waals surface area (Å²) < 4.78 is 21.0. The Labute approximate surface area is 189 Å². The number of nitrogens with one attached hydrogen (secondary N) is 1. The number of hydrogen-bond acceptors (Lipinski definition) is 4. The van der Waals surface area contributed by atoms with E-state index in [1.807, 2.05) is 48.5 Å². The Morgan fingerprint density at radius 2 is 1.76 bits per heavy atom. The number of halogens is 1. The molecule has 1 heterocycles. The molecule has 4 rings (SSSR count). The number of amides is 2. The second-order valence-corrected chi connectivity index (χ2v) is 7.29. The fraction of sp³-hybridized carbons (Fsp3) is 0.0800. The molecule has 2 amide bonds. The quantitative estimate of drug-likeness (QED) is 0.448. The lowest BCUT2D eigenvalue weighted by Crippen LogP contribution is -2.16. The minimum Gasteiger partial charge on any atom is -0.496 e. The summed E-state index contributed by atoms with van der Waals surface area (Å²) >= 11 is 0. The van der Waals surface area contributed by atoms with Gasteiger partial charge in [-0.25, -0.2) is 4.39 Å². The number of nitrogens with two attached hydrogens (primary N) is 1. The lowest BCUT2D eigenvalue weighted by atomic mass is 10.1. The summed E-state index contributed by atoms with van der Waals surface area (Å²) in [4.78, 5) is 24.7. The summed E-state index contributed by atoms with van der Waals surface area (Å²) in [6.07, 6.45) is 1.64. The zero-order valence-electron chi connectivity index (χ0n) is 17.8. The van der Waals surface area contributed by atoms with Crippen LogP contribution in [0.25, 0.3) is 11.3 Å². The highest BCUT2D eigenvalue weighted by molar-refractivity contribution is 6.08. The molecule has 0 spiro atoms. The predicted octanol–water partition coefficient (Wildman–Crippen LogP) is 4.10. The largest absolute Gasteiger partial charge is 0.496 e. The second-order valence-electron chi connectivity index (χ2n) is 7.29. The number of anilines is 1. The van der Waals surface area contributed by atoms with Crippen LogP contribution in [-0.4, -0.2) is 28.7 Å². The Hall–Kier alpha value is -4.46. The summed E-state index contributed by atoms with van der Waals surface area (Å²) in [5.74, 6) is -1.59. The van der Waals surface area contributed by atoms with E-state index < -0.39 is 17.6 Å². The van der Waals surface area contributed by atoms with Gasteiger partial charge in [0.05, 0.1) is 24.8 Å². The van der Waals surface area contributed by atoms with Crippen molar-refractivity contribution < 1.29 is 18.7 Å². The van der Waals surface area contributed by atoms with Crippen LogP contribution in [0.3, 0.4) is 0 Å². The fourth-order valence-electron chi connectivity index (χ4n) is 3.47. The monoisotopic (exact) mass is 444 g/mol. The first kappa shape index (κ1) is 21.8. The number of carbonyl (C=O) groups excluding carboxylic acids is 2. The van der Waals surface area contributed by atoms with E-state index in [0.717, 1.165) is 11.6 Å². The zero-order valence-corrected chi connectivity index (χ0v) is 17.8. The van der Waals surface area contributed by atoms with E-state index in [-0.39, 0.29) is 11.3 Å². The number of rotatable bonds is 7. The molecule has 0 aliphatic heterocycles. The molecule has 0 aliphatic rings. The molecule has 7 nitrogen and oxygen atoms in total. The van der Waals surface area contributed by atoms with Gasteiger partial charge in [-0.1, -0.05) is 42.5 Å². The minimum atomic E-state index is -0.922. The number of carbonyl (C=O) groups is 2. The normalized spacial score (nSPS) is 10.6. The van der Waals surface area contributed by atoms with Crippen LogP contribution in [0.15, 0.2) is 79.0 Å². The van der Waals surface area contributed by atoms with Crippen molar-refractivity contribution in [1.82, 2.24) is 9.78 Å². The van der Waals surface area contributed by atoms with Gasteiger partial charge in [-0.15, -0.1) is 0 Å². The topological polar surface area (TPSA) is 99.2 Å². The van der Waals surface area contributed by atoms with Crippen molar-refractivity contribution >= 4 is 17.5 Å². The van der Waals surface area contributed by atoms with Crippen LogP contribution >= 0.6 is 0 Å². The maximum atomic E-state index is 13.8. The van der Waals surface area contributed by atoms with Crippen molar-refractivity contribution in [2.75, 3.05) is 12.4 Å². The first-order valence-electron chi connectivity index (χ1n) is 10.1. The molecule has 4 aromatic rings. The second kappa shape index (κ2) is 9.35. The molecule has 0 radical (unpaired) electrons. The van der Waals surface area contributed by atoms with Crippen LogP contribution in [0.5, 0.6) is 5.75 Å². The molecule has 1 aromatic heterocycles. The van der Waals surface area contributed by atoms with E-state index in [0.29, 0.717) is 29.1 Å². The lowest BCUT2D eigenvalue weighted by Gasteiger charge is -2.09. The predicted molar refractivity (Wildman–Crippen MR) is 123 cm³/mol. The summed E-state index contributed by atoms with van der Waals surface area (Å²) in [5, 5.41) is 7.35. The zero-order chi connectivity index (χ0) is 23.4. The standard InChI is InChI=1S/C25H21FN4O3/c1-33-22-10-6-5-9-18(22)23-20(15-30(29-23)14-16-7-3-2-4-8-16)25(32)28-17-11-12-21(26)19(13-17)24(27)31/h2-13,15H,14H2,1H3,(H2,27,31)(H,28,32). The Morgan fingerprint density at radius 1 is 1.03 bits per heavy atom. The van der Waals surface area contributed by atoms with Crippen LogP contribution in [0.2, 0.25) is 0 Å². The average molecular weight is 444 g/mol. The van der Waals surface area contributed by atoms with Gasteiger partial charge in [0.15, 0.2) is 0 Å². The molecule has 0 bridgehead atoms. The highest BCUT2D eigenvalue weighted by Crippen LogP contribution is 2.31. The van der Waals surface area contributed by atoms with Gasteiger partial charge >= 0.3 is 0 Å². The van der Waals surface area contributed by atoms with Gasteiger partial charge < -0.3 is 15.8 Å². The number of benzene rings is 3. The molecule has 3 aromatic carbocycles. The first-order valence-corrected chi connectivity index (χ1v) is 10.1. The number of nitrogens with zero attached hydrogens (tertiary/aromatic N) is 2. The van der Waals surface area contributed by atoms with Gasteiger partial charge in [0.1, 0.15) is 17.3 Å². The summed E-state index contributed by atoms with van der Waals surface area (Å²) in [6, 6.07) is 20.6. The van der Waals surface area contributed by atoms with Crippen LogP contribution in [-0.2, 0) is 6.54 Å². The summed E-state index contributed by atoms with van der Waals surface area (Å²) in [5.41, 5.74) is 7.53. The fourth-order valence-corrected chi connectivity index (χ4v) is 3.47. The number of para-hydroxylation sites is 1. The van der Waals surface area contributed by atoms with Crippen molar-refractivity contribution in [2.24, 2.45) is 5.73 Å². The van der Waals surface area contributed by atoms with Crippen molar-refractivity contribution in [2.45, 2.75) is 6.54 Å². The van der Waals surface area contributed by atoms with Crippen molar-refractivity contribution in [3.63, 3.8) is 0 Å². The molecular weight excluding hydrogens is 423 g/mol. The van der Waals surface area contributed by atoms with E-state index >= 15 is 0 Å². The molecule has 0 saturated carbocycles. The molecular formula is C25H21FN4O3. The highest BCUT2D eigenvalue weighted by atomic mass is 19.1. The molecule has 0 aliphatic carbocycles. The van der Waals surface area contributed by atoms with Crippen LogP contribution in [0.4, 0.5) is 10.1 Å². The number of ether oxygens (including phenoxy) is 1. The number of hydrogen-bond donors (Lipinski definition) is 2.